The normalized spacial score (nSPS) is 19.0. The van der Waals surface area contributed by atoms with Crippen LogP contribution in [0.3, 0.4) is 0 Å². The zero-order valence-corrected chi connectivity index (χ0v) is 18.2. The number of amides is 1. The second-order valence-corrected chi connectivity index (χ2v) is 8.56. The third-order valence-corrected chi connectivity index (χ3v) is 6.19. The fraction of sp³-hybridized carbons (Fsp3) is 0.296. The van der Waals surface area contributed by atoms with Gasteiger partial charge in [-0.1, -0.05) is 60.7 Å². The van der Waals surface area contributed by atoms with Crippen molar-refractivity contribution in [3.05, 3.63) is 107 Å². The van der Waals surface area contributed by atoms with Crippen LogP contribution in [0.5, 0.6) is 0 Å². The number of aliphatic hydroxyl groups excluding tert-OH is 1. The molecule has 0 spiro atoms. The molecule has 32 heavy (non-hydrogen) atoms. The lowest BCUT2D eigenvalue weighted by atomic mass is 10.0. The number of benzene rings is 3. The smallest absolute Gasteiger partial charge is 0.253 e. The van der Waals surface area contributed by atoms with Crippen LogP contribution in [0.2, 0.25) is 0 Å². The van der Waals surface area contributed by atoms with Crippen molar-refractivity contribution in [3.63, 3.8) is 0 Å². The summed E-state index contributed by atoms with van der Waals surface area (Å²) in [6.45, 7) is 0.227. The van der Waals surface area contributed by atoms with Crippen molar-refractivity contribution in [1.82, 2.24) is 10.2 Å². The predicted octanol–water partition coefficient (Wildman–Crippen LogP) is 4.49. The maximum absolute atomic E-state index is 13.9. The largest absolute Gasteiger partial charge is 0.387 e. The first-order chi connectivity index (χ1) is 15.5. The first-order valence-corrected chi connectivity index (χ1v) is 11.1. The van der Waals surface area contributed by atoms with Crippen LogP contribution in [0.25, 0.3) is 0 Å². The van der Waals surface area contributed by atoms with Crippen molar-refractivity contribution in [2.24, 2.45) is 0 Å². The molecule has 3 aromatic rings. The van der Waals surface area contributed by atoms with Gasteiger partial charge in [-0.15, -0.1) is 0 Å². The summed E-state index contributed by atoms with van der Waals surface area (Å²) in [4.78, 5) is 14.3. The highest BCUT2D eigenvalue weighted by Gasteiger charge is 2.29. The van der Waals surface area contributed by atoms with Crippen molar-refractivity contribution in [2.45, 2.75) is 44.0 Å². The molecule has 1 fully saturated rings. The summed E-state index contributed by atoms with van der Waals surface area (Å²) in [5, 5.41) is 14.2. The molecule has 1 heterocycles. The van der Waals surface area contributed by atoms with Gasteiger partial charge in [-0.05, 0) is 48.6 Å². The highest BCUT2D eigenvalue weighted by Crippen LogP contribution is 2.26. The Morgan fingerprint density at radius 3 is 2.44 bits per heavy atom. The summed E-state index contributed by atoms with van der Waals surface area (Å²) < 4.78 is 13.9. The van der Waals surface area contributed by atoms with E-state index in [0.29, 0.717) is 17.2 Å². The van der Waals surface area contributed by atoms with E-state index >= 15 is 0 Å². The van der Waals surface area contributed by atoms with Crippen LogP contribution in [0.4, 0.5) is 4.39 Å². The van der Waals surface area contributed by atoms with Gasteiger partial charge in [0.1, 0.15) is 5.82 Å². The predicted molar refractivity (Wildman–Crippen MR) is 124 cm³/mol. The molecule has 1 aliphatic heterocycles. The van der Waals surface area contributed by atoms with Crippen molar-refractivity contribution in [1.29, 1.82) is 0 Å². The van der Waals surface area contributed by atoms with Crippen LogP contribution in [0, 0.1) is 5.82 Å². The Kier molecular flexibility index (Phi) is 6.98. The van der Waals surface area contributed by atoms with Crippen LogP contribution in [-0.4, -0.2) is 35.0 Å². The number of halogens is 1. The molecule has 1 unspecified atom stereocenters. The minimum Gasteiger partial charge on any atom is -0.387 e. The van der Waals surface area contributed by atoms with Crippen molar-refractivity contribution in [2.75, 3.05) is 7.05 Å². The van der Waals surface area contributed by atoms with E-state index in [1.807, 2.05) is 54.6 Å². The molecular formula is C27H29FN2O2. The quantitative estimate of drug-likeness (QED) is 0.578. The third kappa shape index (κ3) is 5.23. The van der Waals surface area contributed by atoms with E-state index in [0.717, 1.165) is 30.4 Å². The monoisotopic (exact) mass is 432 g/mol. The standard InChI is InChI=1S/C27H29FN2O2/c1-30(18-22-9-5-6-10-24(22)28)27(32)21-13-11-19(12-14-21)17-23-15-16-25(29-23)26(31)20-7-3-2-4-8-20/h2-14,23,25-26,29,31H,15-18H2,1H3/t23-,25+,26?/m0/s1. The van der Waals surface area contributed by atoms with Gasteiger partial charge in [0.2, 0.25) is 0 Å². The Hall–Kier alpha value is -3.02. The van der Waals surface area contributed by atoms with Crippen LogP contribution < -0.4 is 5.32 Å². The van der Waals surface area contributed by atoms with Gasteiger partial charge in [0.15, 0.2) is 0 Å². The van der Waals surface area contributed by atoms with Crippen molar-refractivity contribution < 1.29 is 14.3 Å². The van der Waals surface area contributed by atoms with E-state index in [1.54, 1.807) is 25.2 Å². The van der Waals surface area contributed by atoms with Gasteiger partial charge < -0.3 is 15.3 Å². The minimum absolute atomic E-state index is 0.0512. The fourth-order valence-electron chi connectivity index (χ4n) is 4.38. The number of carbonyl (C=O) groups is 1. The Bertz CT molecular complexity index is 1040. The lowest BCUT2D eigenvalue weighted by molar-refractivity contribution is 0.0784. The molecule has 0 aromatic heterocycles. The average molecular weight is 433 g/mol. The first-order valence-electron chi connectivity index (χ1n) is 11.1. The van der Waals surface area contributed by atoms with Gasteiger partial charge in [-0.25, -0.2) is 4.39 Å². The number of carbonyl (C=O) groups excluding carboxylic acids is 1. The Labute approximate surface area is 188 Å². The summed E-state index contributed by atoms with van der Waals surface area (Å²) in [5.41, 5.74) is 3.17. The summed E-state index contributed by atoms with van der Waals surface area (Å²) in [6.07, 6.45) is 2.27. The molecule has 0 saturated carbocycles. The molecule has 2 N–H and O–H groups in total. The number of aliphatic hydroxyl groups is 1. The number of hydrogen-bond acceptors (Lipinski definition) is 3. The SMILES string of the molecule is CN(Cc1ccccc1F)C(=O)c1ccc(C[C@@H]2CC[C@H](C(O)c3ccccc3)N2)cc1. The van der Waals surface area contributed by atoms with Gasteiger partial charge in [-0.3, -0.25) is 4.79 Å². The second-order valence-electron chi connectivity index (χ2n) is 8.56. The molecule has 1 amide bonds. The zero-order valence-electron chi connectivity index (χ0n) is 18.2. The molecule has 3 atom stereocenters. The van der Waals surface area contributed by atoms with Crippen LogP contribution >= 0.6 is 0 Å². The van der Waals surface area contributed by atoms with Gasteiger partial charge in [0.25, 0.3) is 5.91 Å². The zero-order chi connectivity index (χ0) is 22.5. The second kappa shape index (κ2) is 10.1. The third-order valence-electron chi connectivity index (χ3n) is 6.19. The highest BCUT2D eigenvalue weighted by atomic mass is 19.1. The Morgan fingerprint density at radius 2 is 1.72 bits per heavy atom. The molecule has 1 saturated heterocycles. The van der Waals surface area contributed by atoms with Gasteiger partial charge in [-0.2, -0.15) is 0 Å². The van der Waals surface area contributed by atoms with Gasteiger partial charge >= 0.3 is 0 Å². The molecule has 4 nitrogen and oxygen atoms in total. The Balaban J connectivity index is 1.32. The van der Waals surface area contributed by atoms with Crippen LogP contribution in [0.15, 0.2) is 78.9 Å². The molecule has 0 bridgehead atoms. The van der Waals surface area contributed by atoms with Gasteiger partial charge in [0.05, 0.1) is 6.10 Å². The Morgan fingerprint density at radius 1 is 1.03 bits per heavy atom. The molecule has 1 aliphatic rings. The first kappa shape index (κ1) is 22.2. The van der Waals surface area contributed by atoms with E-state index in [2.05, 4.69) is 5.32 Å². The summed E-state index contributed by atoms with van der Waals surface area (Å²) >= 11 is 0. The maximum atomic E-state index is 13.9. The highest BCUT2D eigenvalue weighted by molar-refractivity contribution is 5.94. The average Bonchev–Trinajstić information content (AvgIpc) is 3.29. The van der Waals surface area contributed by atoms with Crippen LogP contribution in [0.1, 0.15) is 46.0 Å². The molecular weight excluding hydrogens is 403 g/mol. The number of nitrogens with one attached hydrogen (secondary N) is 1. The summed E-state index contributed by atoms with van der Waals surface area (Å²) in [7, 11) is 1.68. The van der Waals surface area contributed by atoms with Crippen molar-refractivity contribution >= 4 is 5.91 Å². The van der Waals surface area contributed by atoms with Gasteiger partial charge in [0, 0.05) is 36.8 Å². The maximum Gasteiger partial charge on any atom is 0.253 e. The number of rotatable bonds is 7. The summed E-state index contributed by atoms with van der Waals surface area (Å²) in [6, 6.07) is 24.2. The van der Waals surface area contributed by atoms with Crippen LogP contribution in [-0.2, 0) is 13.0 Å². The van der Waals surface area contributed by atoms with E-state index in [1.165, 1.54) is 11.0 Å². The molecule has 0 aliphatic carbocycles. The molecule has 5 heteroatoms. The van der Waals surface area contributed by atoms with E-state index in [4.69, 9.17) is 0 Å². The van der Waals surface area contributed by atoms with E-state index in [-0.39, 0.29) is 24.3 Å². The van der Waals surface area contributed by atoms with E-state index in [9.17, 15) is 14.3 Å². The molecule has 0 radical (unpaired) electrons. The number of nitrogens with zero attached hydrogens (tertiary/aromatic N) is 1. The minimum atomic E-state index is -0.508. The molecule has 166 valence electrons. The fourth-order valence-corrected chi connectivity index (χ4v) is 4.38. The lowest BCUT2D eigenvalue weighted by Gasteiger charge is -2.20. The molecule has 4 rings (SSSR count). The summed E-state index contributed by atoms with van der Waals surface area (Å²) in [5.74, 6) is -0.438. The van der Waals surface area contributed by atoms with Crippen molar-refractivity contribution in [3.8, 4) is 0 Å². The van der Waals surface area contributed by atoms with E-state index < -0.39 is 6.10 Å². The number of hydrogen-bond donors (Lipinski definition) is 2. The topological polar surface area (TPSA) is 52.6 Å². The lowest BCUT2D eigenvalue weighted by Crippen LogP contribution is -2.35. The molecule has 3 aromatic carbocycles.